The van der Waals surface area contributed by atoms with Crippen molar-refractivity contribution in [2.24, 2.45) is 17.6 Å². The van der Waals surface area contributed by atoms with Crippen molar-refractivity contribution in [1.29, 1.82) is 0 Å². The Hall–Kier alpha value is -0.570. The Morgan fingerprint density at radius 1 is 1.50 bits per heavy atom. The number of ether oxygens (including phenoxy) is 1. The van der Waals surface area contributed by atoms with Gasteiger partial charge in [0.05, 0.1) is 5.92 Å². The third-order valence-corrected chi connectivity index (χ3v) is 3.43. The summed E-state index contributed by atoms with van der Waals surface area (Å²) in [7, 11) is 0. The molecule has 3 unspecified atom stereocenters. The van der Waals surface area contributed by atoms with E-state index < -0.39 is 0 Å². The second kappa shape index (κ2) is 6.89. The van der Waals surface area contributed by atoms with Gasteiger partial charge in [-0.05, 0) is 31.6 Å². The first kappa shape index (κ1) is 13.5. The van der Waals surface area contributed by atoms with Crippen LogP contribution in [-0.2, 0) is 9.53 Å². The zero-order chi connectivity index (χ0) is 12.0. The minimum absolute atomic E-state index is 0.0801. The molecule has 2 N–H and O–H groups in total. The fourth-order valence-electron chi connectivity index (χ4n) is 2.43. The average molecular weight is 227 g/mol. The van der Waals surface area contributed by atoms with E-state index in [1.165, 1.54) is 12.8 Å². The summed E-state index contributed by atoms with van der Waals surface area (Å²) >= 11 is 0. The fraction of sp³-hybridized carbons (Fsp3) is 0.923. The molecule has 3 heteroatoms. The van der Waals surface area contributed by atoms with E-state index >= 15 is 0 Å². The van der Waals surface area contributed by atoms with Crippen LogP contribution in [0.25, 0.3) is 0 Å². The smallest absolute Gasteiger partial charge is 0.310 e. The third kappa shape index (κ3) is 4.12. The molecule has 0 saturated heterocycles. The predicted octanol–water partition coefficient (Wildman–Crippen LogP) is 2.48. The molecule has 0 bridgehead atoms. The lowest BCUT2D eigenvalue weighted by molar-refractivity contribution is -0.156. The van der Waals surface area contributed by atoms with Crippen molar-refractivity contribution >= 4 is 5.97 Å². The molecule has 1 aliphatic rings. The molecule has 1 saturated carbocycles. The van der Waals surface area contributed by atoms with E-state index in [1.54, 1.807) is 0 Å². The molecule has 0 heterocycles. The number of hydrogen-bond acceptors (Lipinski definition) is 3. The van der Waals surface area contributed by atoms with Crippen LogP contribution in [0.3, 0.4) is 0 Å². The topological polar surface area (TPSA) is 52.3 Å². The average Bonchev–Trinajstić information content (AvgIpc) is 2.25. The molecule has 1 aliphatic carbocycles. The van der Waals surface area contributed by atoms with Crippen LogP contribution in [0.1, 0.15) is 52.4 Å². The maximum atomic E-state index is 11.8. The van der Waals surface area contributed by atoms with Gasteiger partial charge < -0.3 is 10.5 Å². The molecule has 0 aromatic rings. The standard InChI is InChI=1S/C13H25NO2/c1-3-5-11(9-14)13(15)16-12-7-4-6-10(2)8-12/h10-12H,3-9,14H2,1-2H3. The van der Waals surface area contributed by atoms with Crippen LogP contribution in [0.4, 0.5) is 0 Å². The third-order valence-electron chi connectivity index (χ3n) is 3.43. The second-order valence-corrected chi connectivity index (χ2v) is 5.05. The minimum atomic E-state index is -0.0952. The van der Waals surface area contributed by atoms with Gasteiger partial charge in [0.25, 0.3) is 0 Å². The summed E-state index contributed by atoms with van der Waals surface area (Å²) in [5, 5.41) is 0. The van der Waals surface area contributed by atoms with Gasteiger partial charge in [0.15, 0.2) is 0 Å². The highest BCUT2D eigenvalue weighted by Crippen LogP contribution is 2.26. The molecule has 1 fully saturated rings. The van der Waals surface area contributed by atoms with Crippen molar-refractivity contribution in [3.8, 4) is 0 Å². The zero-order valence-electron chi connectivity index (χ0n) is 10.6. The lowest BCUT2D eigenvalue weighted by Gasteiger charge is -2.27. The molecule has 0 amide bonds. The summed E-state index contributed by atoms with van der Waals surface area (Å²) in [6.45, 7) is 4.71. The van der Waals surface area contributed by atoms with Crippen LogP contribution in [0.2, 0.25) is 0 Å². The number of rotatable bonds is 5. The summed E-state index contributed by atoms with van der Waals surface area (Å²) < 4.78 is 5.55. The van der Waals surface area contributed by atoms with Crippen LogP contribution in [0, 0.1) is 11.8 Å². The van der Waals surface area contributed by atoms with Crippen molar-refractivity contribution < 1.29 is 9.53 Å². The monoisotopic (exact) mass is 227 g/mol. The zero-order valence-corrected chi connectivity index (χ0v) is 10.6. The Labute approximate surface area is 98.7 Å². The molecule has 0 aliphatic heterocycles. The van der Waals surface area contributed by atoms with E-state index in [1.807, 2.05) is 0 Å². The van der Waals surface area contributed by atoms with E-state index in [9.17, 15) is 4.79 Å². The lowest BCUT2D eigenvalue weighted by atomic mass is 9.88. The maximum Gasteiger partial charge on any atom is 0.310 e. The number of hydrogen-bond donors (Lipinski definition) is 1. The van der Waals surface area contributed by atoms with Crippen LogP contribution in [0.5, 0.6) is 0 Å². The summed E-state index contributed by atoms with van der Waals surface area (Å²) in [6, 6.07) is 0. The molecule has 3 atom stereocenters. The largest absolute Gasteiger partial charge is 0.462 e. The van der Waals surface area contributed by atoms with Gasteiger partial charge in [0.1, 0.15) is 6.10 Å². The SMILES string of the molecule is CCCC(CN)C(=O)OC1CCCC(C)C1. The van der Waals surface area contributed by atoms with Gasteiger partial charge in [-0.3, -0.25) is 4.79 Å². The first-order chi connectivity index (χ1) is 7.67. The summed E-state index contributed by atoms with van der Waals surface area (Å²) in [5.74, 6) is 0.514. The summed E-state index contributed by atoms with van der Waals surface area (Å²) in [5.41, 5.74) is 5.59. The molecule has 0 spiro atoms. The normalized spacial score (nSPS) is 27.4. The van der Waals surface area contributed by atoms with Gasteiger partial charge in [0, 0.05) is 6.54 Å². The second-order valence-electron chi connectivity index (χ2n) is 5.05. The Bertz CT molecular complexity index is 218. The molecule has 0 radical (unpaired) electrons. The predicted molar refractivity (Wildman–Crippen MR) is 65.0 cm³/mol. The first-order valence-corrected chi connectivity index (χ1v) is 6.57. The van der Waals surface area contributed by atoms with E-state index in [2.05, 4.69) is 13.8 Å². The minimum Gasteiger partial charge on any atom is -0.462 e. The van der Waals surface area contributed by atoms with Crippen molar-refractivity contribution in [3.05, 3.63) is 0 Å². The van der Waals surface area contributed by atoms with Gasteiger partial charge in [-0.2, -0.15) is 0 Å². The summed E-state index contributed by atoms with van der Waals surface area (Å²) in [6.07, 6.45) is 6.47. The lowest BCUT2D eigenvalue weighted by Crippen LogP contribution is -2.31. The van der Waals surface area contributed by atoms with E-state index in [0.29, 0.717) is 12.5 Å². The van der Waals surface area contributed by atoms with Crippen LogP contribution < -0.4 is 5.73 Å². The van der Waals surface area contributed by atoms with Crippen LogP contribution >= 0.6 is 0 Å². The Morgan fingerprint density at radius 3 is 2.81 bits per heavy atom. The number of esters is 1. The van der Waals surface area contributed by atoms with Gasteiger partial charge in [-0.1, -0.05) is 26.7 Å². The van der Waals surface area contributed by atoms with E-state index in [0.717, 1.165) is 25.7 Å². The Balaban J connectivity index is 2.36. The van der Waals surface area contributed by atoms with Crippen molar-refractivity contribution in [2.45, 2.75) is 58.5 Å². The fourth-order valence-corrected chi connectivity index (χ4v) is 2.43. The highest BCUT2D eigenvalue weighted by molar-refractivity contribution is 5.72. The van der Waals surface area contributed by atoms with Gasteiger partial charge in [-0.25, -0.2) is 0 Å². The molecule has 0 aromatic carbocycles. The molecule has 0 aromatic heterocycles. The number of carbonyl (C=O) groups excluding carboxylic acids is 1. The quantitative estimate of drug-likeness (QED) is 0.734. The number of carbonyl (C=O) groups is 1. The van der Waals surface area contributed by atoms with Crippen LogP contribution in [-0.4, -0.2) is 18.6 Å². The van der Waals surface area contributed by atoms with Crippen molar-refractivity contribution in [2.75, 3.05) is 6.54 Å². The Kier molecular flexibility index (Phi) is 5.81. The summed E-state index contributed by atoms with van der Waals surface area (Å²) in [4.78, 5) is 11.8. The molecular weight excluding hydrogens is 202 g/mol. The molecule has 94 valence electrons. The van der Waals surface area contributed by atoms with Crippen molar-refractivity contribution in [3.63, 3.8) is 0 Å². The number of nitrogens with two attached hydrogens (primary N) is 1. The van der Waals surface area contributed by atoms with Gasteiger partial charge in [-0.15, -0.1) is 0 Å². The highest BCUT2D eigenvalue weighted by Gasteiger charge is 2.25. The molecular formula is C13H25NO2. The maximum absolute atomic E-state index is 11.8. The molecule has 3 nitrogen and oxygen atoms in total. The van der Waals surface area contributed by atoms with Gasteiger partial charge in [0.2, 0.25) is 0 Å². The first-order valence-electron chi connectivity index (χ1n) is 6.57. The van der Waals surface area contributed by atoms with Crippen LogP contribution in [0.15, 0.2) is 0 Å². The van der Waals surface area contributed by atoms with E-state index in [4.69, 9.17) is 10.5 Å². The molecule has 1 rings (SSSR count). The Morgan fingerprint density at radius 2 is 2.25 bits per heavy atom. The van der Waals surface area contributed by atoms with E-state index in [-0.39, 0.29) is 18.0 Å². The van der Waals surface area contributed by atoms with Gasteiger partial charge >= 0.3 is 5.97 Å². The highest BCUT2D eigenvalue weighted by atomic mass is 16.5. The van der Waals surface area contributed by atoms with Crippen molar-refractivity contribution in [1.82, 2.24) is 0 Å². The molecule has 16 heavy (non-hydrogen) atoms.